The van der Waals surface area contributed by atoms with E-state index >= 15 is 0 Å². The van der Waals surface area contributed by atoms with Crippen molar-refractivity contribution in [2.24, 2.45) is 5.10 Å². The second kappa shape index (κ2) is 7.46. The summed E-state index contributed by atoms with van der Waals surface area (Å²) in [6, 6.07) is 11.3. The number of aromatic nitrogens is 3. The molecular formula is C16H12ClN5O3S. The minimum absolute atomic E-state index is 0.0836. The SMILES string of the molecule is COc1cccc(-c2n[nH]c(=S)n2/N=C\c2cc([N+](=O)[O-])ccc2Cl)c1. The van der Waals surface area contributed by atoms with E-state index in [1.54, 1.807) is 19.2 Å². The zero-order chi connectivity index (χ0) is 18.7. The highest BCUT2D eigenvalue weighted by Gasteiger charge is 2.11. The van der Waals surface area contributed by atoms with E-state index < -0.39 is 4.92 Å². The summed E-state index contributed by atoms with van der Waals surface area (Å²) in [4.78, 5) is 10.4. The first-order chi connectivity index (χ1) is 12.5. The summed E-state index contributed by atoms with van der Waals surface area (Å²) < 4.78 is 6.88. The van der Waals surface area contributed by atoms with Crippen LogP contribution in [0, 0.1) is 14.9 Å². The maximum absolute atomic E-state index is 10.9. The number of nitrogens with zero attached hydrogens (tertiary/aromatic N) is 4. The number of aromatic amines is 1. The van der Waals surface area contributed by atoms with Crippen molar-refractivity contribution in [3.63, 3.8) is 0 Å². The number of nitro benzene ring substituents is 1. The predicted octanol–water partition coefficient (Wildman–Crippen LogP) is 4.06. The second-order valence-corrected chi connectivity index (χ2v) is 5.90. The Bertz CT molecular complexity index is 1060. The van der Waals surface area contributed by atoms with Crippen LogP contribution in [0.15, 0.2) is 47.6 Å². The number of methoxy groups -OCH3 is 1. The second-order valence-electron chi connectivity index (χ2n) is 5.10. The first-order valence-electron chi connectivity index (χ1n) is 7.29. The highest BCUT2D eigenvalue weighted by molar-refractivity contribution is 7.71. The number of halogens is 1. The van der Waals surface area contributed by atoms with Gasteiger partial charge >= 0.3 is 0 Å². The van der Waals surface area contributed by atoms with Crippen LogP contribution >= 0.6 is 23.8 Å². The first kappa shape index (κ1) is 17.8. The molecule has 0 bridgehead atoms. The molecule has 0 fully saturated rings. The Kier molecular flexibility index (Phi) is 5.10. The molecule has 0 aliphatic rings. The zero-order valence-corrected chi connectivity index (χ0v) is 15.0. The highest BCUT2D eigenvalue weighted by atomic mass is 35.5. The van der Waals surface area contributed by atoms with Crippen LogP contribution in [0.2, 0.25) is 5.02 Å². The Morgan fingerprint density at radius 1 is 1.38 bits per heavy atom. The summed E-state index contributed by atoms with van der Waals surface area (Å²) in [5.41, 5.74) is 1.04. The number of nitro groups is 1. The lowest BCUT2D eigenvalue weighted by Gasteiger charge is -2.04. The maximum atomic E-state index is 10.9. The lowest BCUT2D eigenvalue weighted by molar-refractivity contribution is -0.384. The van der Waals surface area contributed by atoms with E-state index in [0.29, 0.717) is 22.2 Å². The molecule has 132 valence electrons. The van der Waals surface area contributed by atoms with E-state index in [1.165, 1.54) is 29.1 Å². The summed E-state index contributed by atoms with van der Waals surface area (Å²) in [6.07, 6.45) is 1.39. The molecule has 1 heterocycles. The lowest BCUT2D eigenvalue weighted by atomic mass is 10.2. The van der Waals surface area contributed by atoms with Gasteiger partial charge in [0.25, 0.3) is 5.69 Å². The number of hydrogen-bond donors (Lipinski definition) is 1. The van der Waals surface area contributed by atoms with Crippen molar-refractivity contribution >= 4 is 35.7 Å². The van der Waals surface area contributed by atoms with E-state index in [1.807, 2.05) is 12.1 Å². The number of benzene rings is 2. The Morgan fingerprint density at radius 3 is 2.92 bits per heavy atom. The molecule has 0 saturated carbocycles. The van der Waals surface area contributed by atoms with Crippen LogP contribution in [0.3, 0.4) is 0 Å². The number of non-ortho nitro benzene ring substituents is 1. The summed E-state index contributed by atoms with van der Waals surface area (Å²) in [6.45, 7) is 0. The molecule has 0 spiro atoms. The van der Waals surface area contributed by atoms with E-state index in [4.69, 9.17) is 28.6 Å². The number of rotatable bonds is 5. The fourth-order valence-corrected chi connectivity index (χ4v) is 2.56. The van der Waals surface area contributed by atoms with Gasteiger partial charge in [0.15, 0.2) is 5.82 Å². The minimum atomic E-state index is -0.501. The fraction of sp³-hybridized carbons (Fsp3) is 0.0625. The van der Waals surface area contributed by atoms with E-state index in [9.17, 15) is 10.1 Å². The van der Waals surface area contributed by atoms with Gasteiger partial charge in [-0.15, -0.1) is 0 Å². The molecule has 2 aromatic carbocycles. The summed E-state index contributed by atoms with van der Waals surface area (Å²) in [7, 11) is 1.57. The van der Waals surface area contributed by atoms with Gasteiger partial charge < -0.3 is 4.74 Å². The summed E-state index contributed by atoms with van der Waals surface area (Å²) in [5, 5.41) is 22.4. The van der Waals surface area contributed by atoms with Crippen molar-refractivity contribution < 1.29 is 9.66 Å². The average Bonchev–Trinajstić information content (AvgIpc) is 3.01. The molecule has 0 amide bonds. The average molecular weight is 390 g/mol. The summed E-state index contributed by atoms with van der Waals surface area (Å²) in [5.74, 6) is 1.13. The maximum Gasteiger partial charge on any atom is 0.270 e. The van der Waals surface area contributed by atoms with Gasteiger partial charge in [0.2, 0.25) is 4.77 Å². The Morgan fingerprint density at radius 2 is 2.19 bits per heavy atom. The minimum Gasteiger partial charge on any atom is -0.497 e. The molecule has 3 rings (SSSR count). The van der Waals surface area contributed by atoms with Crippen LogP contribution in [0.5, 0.6) is 5.75 Å². The van der Waals surface area contributed by atoms with Crippen LogP contribution in [0.1, 0.15) is 5.56 Å². The van der Waals surface area contributed by atoms with Crippen molar-refractivity contribution in [1.82, 2.24) is 14.9 Å². The molecule has 1 aromatic heterocycles. The molecule has 0 aliphatic carbocycles. The molecule has 3 aromatic rings. The zero-order valence-electron chi connectivity index (χ0n) is 13.4. The third-order valence-electron chi connectivity index (χ3n) is 3.48. The Labute approximate surface area is 157 Å². The first-order valence-corrected chi connectivity index (χ1v) is 8.08. The number of ether oxygens (including phenoxy) is 1. The van der Waals surface area contributed by atoms with Gasteiger partial charge in [0.1, 0.15) is 5.75 Å². The standard InChI is InChI=1S/C16H12ClN5O3S/c1-25-13-4-2-3-10(8-13)15-19-20-16(26)21(15)18-9-11-7-12(22(23)24)5-6-14(11)17/h2-9H,1H3,(H,20,26)/b18-9-. The van der Waals surface area contributed by atoms with Crippen molar-refractivity contribution in [3.05, 3.63) is 67.9 Å². The number of H-pyrrole nitrogens is 1. The van der Waals surface area contributed by atoms with Crippen molar-refractivity contribution in [3.8, 4) is 17.1 Å². The molecule has 1 N–H and O–H groups in total. The quantitative estimate of drug-likeness (QED) is 0.307. The van der Waals surface area contributed by atoms with Gasteiger partial charge in [-0.25, -0.2) is 5.10 Å². The van der Waals surface area contributed by atoms with E-state index in [2.05, 4.69) is 15.3 Å². The van der Waals surface area contributed by atoms with Crippen LogP contribution in [-0.2, 0) is 0 Å². The smallest absolute Gasteiger partial charge is 0.270 e. The highest BCUT2D eigenvalue weighted by Crippen LogP contribution is 2.23. The number of hydrogen-bond acceptors (Lipinski definition) is 6. The monoisotopic (exact) mass is 389 g/mol. The third-order valence-corrected chi connectivity index (χ3v) is 4.09. The van der Waals surface area contributed by atoms with Crippen LogP contribution in [0.4, 0.5) is 5.69 Å². The predicted molar refractivity (Wildman–Crippen MR) is 100 cm³/mol. The van der Waals surface area contributed by atoms with E-state index in [-0.39, 0.29) is 10.5 Å². The van der Waals surface area contributed by atoms with Gasteiger partial charge in [-0.3, -0.25) is 10.1 Å². The topological polar surface area (TPSA) is 98.3 Å². The molecular weight excluding hydrogens is 378 g/mol. The molecule has 0 atom stereocenters. The van der Waals surface area contributed by atoms with Gasteiger partial charge in [-0.1, -0.05) is 23.7 Å². The van der Waals surface area contributed by atoms with E-state index in [0.717, 1.165) is 5.56 Å². The largest absolute Gasteiger partial charge is 0.497 e. The van der Waals surface area contributed by atoms with Crippen LogP contribution in [-0.4, -0.2) is 33.1 Å². The van der Waals surface area contributed by atoms with Gasteiger partial charge in [-0.2, -0.15) is 14.9 Å². The number of nitrogens with one attached hydrogen (secondary N) is 1. The molecule has 0 aliphatic heterocycles. The molecule has 0 unspecified atom stereocenters. The molecule has 10 heteroatoms. The molecule has 0 radical (unpaired) electrons. The summed E-state index contributed by atoms with van der Waals surface area (Å²) >= 11 is 11.3. The lowest BCUT2D eigenvalue weighted by Crippen LogP contribution is -1.97. The van der Waals surface area contributed by atoms with Gasteiger partial charge in [0.05, 0.1) is 18.2 Å². The Hall–Kier alpha value is -3.04. The van der Waals surface area contributed by atoms with Crippen molar-refractivity contribution in [1.29, 1.82) is 0 Å². The van der Waals surface area contributed by atoms with Crippen LogP contribution < -0.4 is 4.74 Å². The van der Waals surface area contributed by atoms with Gasteiger partial charge in [0, 0.05) is 28.3 Å². The van der Waals surface area contributed by atoms with Crippen LogP contribution in [0.25, 0.3) is 11.4 Å². The van der Waals surface area contributed by atoms with Gasteiger partial charge in [-0.05, 0) is 30.4 Å². The molecule has 0 saturated heterocycles. The molecule has 8 nitrogen and oxygen atoms in total. The Balaban J connectivity index is 2.02. The third kappa shape index (κ3) is 3.63. The van der Waals surface area contributed by atoms with Crippen molar-refractivity contribution in [2.75, 3.05) is 7.11 Å². The fourth-order valence-electron chi connectivity index (χ4n) is 2.21. The van der Waals surface area contributed by atoms with Crippen molar-refractivity contribution in [2.45, 2.75) is 0 Å². The normalized spacial score (nSPS) is 11.0. The molecule has 26 heavy (non-hydrogen) atoms.